The molecule has 0 fully saturated rings. The van der Waals surface area contributed by atoms with Gasteiger partial charge in [0, 0.05) is 16.6 Å². The van der Waals surface area contributed by atoms with Crippen LogP contribution in [0.2, 0.25) is 0 Å². The highest BCUT2D eigenvalue weighted by Gasteiger charge is 2.36. The van der Waals surface area contributed by atoms with Crippen molar-refractivity contribution in [2.45, 2.75) is 45.2 Å². The number of benzene rings is 1. The molecule has 8 heteroatoms. The molecule has 1 N–H and O–H groups in total. The van der Waals surface area contributed by atoms with Crippen LogP contribution < -0.4 is 5.32 Å². The highest BCUT2D eigenvalue weighted by atomic mass is 32.1. The highest BCUT2D eigenvalue weighted by Crippen LogP contribution is 2.44. The summed E-state index contributed by atoms with van der Waals surface area (Å²) in [6.45, 7) is 2.15. The lowest BCUT2D eigenvalue weighted by Gasteiger charge is -2.31. The van der Waals surface area contributed by atoms with Crippen molar-refractivity contribution in [1.82, 2.24) is 14.8 Å². The summed E-state index contributed by atoms with van der Waals surface area (Å²) in [4.78, 5) is 28.5. The van der Waals surface area contributed by atoms with Crippen LogP contribution in [0.4, 0.5) is 9.18 Å². The number of carbonyl (C=O) groups is 2. The van der Waals surface area contributed by atoms with Gasteiger partial charge in [0.2, 0.25) is 0 Å². The molecule has 0 saturated heterocycles. The SMILES string of the molecule is CCOC(=O)CNC(=O)N1Cc2c(sc3c2CCCC3)-n2cccc2[C@@H]1c1cccc(F)c1. The van der Waals surface area contributed by atoms with Gasteiger partial charge in [0.05, 0.1) is 24.9 Å². The van der Waals surface area contributed by atoms with Gasteiger partial charge in [-0.1, -0.05) is 12.1 Å². The minimum atomic E-state index is -0.503. The van der Waals surface area contributed by atoms with E-state index in [4.69, 9.17) is 4.74 Å². The summed E-state index contributed by atoms with van der Waals surface area (Å²) in [7, 11) is 0. The standard InChI is InChI=1S/C25H26FN3O3S/c1-2-32-22(30)14-27-25(31)29-15-19-18-9-3-4-11-21(18)33-24(19)28-12-6-10-20(28)23(29)16-7-5-8-17(26)13-16/h5-8,10,12-13,23H,2-4,9,11,14-15H2,1H3,(H,27,31)/t23-/m0/s1. The second kappa shape index (κ2) is 9.02. The van der Waals surface area contributed by atoms with Crippen LogP contribution in [-0.2, 0) is 28.9 Å². The van der Waals surface area contributed by atoms with Crippen molar-refractivity contribution in [2.75, 3.05) is 13.2 Å². The lowest BCUT2D eigenvalue weighted by molar-refractivity contribution is -0.141. The molecule has 1 aliphatic carbocycles. The van der Waals surface area contributed by atoms with Crippen molar-refractivity contribution in [3.05, 3.63) is 75.7 Å². The van der Waals surface area contributed by atoms with Crippen molar-refractivity contribution in [3.63, 3.8) is 0 Å². The number of aryl methyl sites for hydroxylation is 1. The van der Waals surface area contributed by atoms with Gasteiger partial charge in [-0.3, -0.25) is 4.79 Å². The molecule has 172 valence electrons. The highest BCUT2D eigenvalue weighted by molar-refractivity contribution is 7.15. The Morgan fingerprint density at radius 3 is 2.85 bits per heavy atom. The number of thiophene rings is 1. The third kappa shape index (κ3) is 4.04. The number of halogens is 1. The first-order chi connectivity index (χ1) is 16.1. The minimum absolute atomic E-state index is 0.214. The number of esters is 1. The first-order valence-electron chi connectivity index (χ1n) is 11.3. The predicted octanol–water partition coefficient (Wildman–Crippen LogP) is 4.73. The average molecular weight is 468 g/mol. The van der Waals surface area contributed by atoms with E-state index in [1.54, 1.807) is 29.2 Å². The smallest absolute Gasteiger partial charge is 0.325 e. The average Bonchev–Trinajstić information content (AvgIpc) is 3.39. The van der Waals surface area contributed by atoms with Crippen LogP contribution in [0.1, 0.15) is 53.1 Å². The summed E-state index contributed by atoms with van der Waals surface area (Å²) in [6, 6.07) is 9.44. The number of nitrogens with zero attached hydrogens (tertiary/aromatic N) is 2. The molecule has 0 unspecified atom stereocenters. The van der Waals surface area contributed by atoms with Crippen LogP contribution in [0, 0.1) is 5.82 Å². The van der Waals surface area contributed by atoms with Gasteiger partial charge in [0.15, 0.2) is 0 Å². The van der Waals surface area contributed by atoms with Crippen LogP contribution in [0.3, 0.4) is 0 Å². The van der Waals surface area contributed by atoms with E-state index in [9.17, 15) is 14.0 Å². The molecule has 3 heterocycles. The first kappa shape index (κ1) is 21.7. The number of fused-ring (bicyclic) bond motifs is 5. The zero-order valence-corrected chi connectivity index (χ0v) is 19.3. The maximum absolute atomic E-state index is 14.2. The summed E-state index contributed by atoms with van der Waals surface area (Å²) in [5.74, 6) is -0.839. The van der Waals surface area contributed by atoms with Crippen molar-refractivity contribution in [3.8, 4) is 5.00 Å². The monoisotopic (exact) mass is 467 g/mol. The number of amides is 2. The summed E-state index contributed by atoms with van der Waals surface area (Å²) < 4.78 is 21.4. The number of hydrogen-bond donors (Lipinski definition) is 1. The van der Waals surface area contributed by atoms with Gasteiger partial charge in [-0.2, -0.15) is 0 Å². The number of rotatable bonds is 4. The van der Waals surface area contributed by atoms with Crippen LogP contribution in [0.5, 0.6) is 0 Å². The molecule has 1 aliphatic heterocycles. The fraction of sp³-hybridized carbons (Fsp3) is 0.360. The summed E-state index contributed by atoms with van der Waals surface area (Å²) >= 11 is 1.79. The van der Waals surface area contributed by atoms with Crippen molar-refractivity contribution in [1.29, 1.82) is 0 Å². The number of nitrogens with one attached hydrogen (secondary N) is 1. The fourth-order valence-corrected chi connectivity index (χ4v) is 6.28. The van der Waals surface area contributed by atoms with Gasteiger partial charge in [-0.15, -0.1) is 11.3 Å². The quantitative estimate of drug-likeness (QED) is 0.564. The van der Waals surface area contributed by atoms with Gasteiger partial charge in [-0.25, -0.2) is 9.18 Å². The van der Waals surface area contributed by atoms with E-state index in [1.807, 2.05) is 24.4 Å². The maximum atomic E-state index is 14.2. The Hall–Kier alpha value is -3.13. The van der Waals surface area contributed by atoms with Crippen molar-refractivity contribution >= 4 is 23.3 Å². The Morgan fingerprint density at radius 2 is 2.03 bits per heavy atom. The van der Waals surface area contributed by atoms with Crippen LogP contribution >= 0.6 is 11.3 Å². The zero-order chi connectivity index (χ0) is 22.9. The molecule has 3 aromatic rings. The Labute approximate surface area is 196 Å². The zero-order valence-electron chi connectivity index (χ0n) is 18.5. The molecule has 5 rings (SSSR count). The summed E-state index contributed by atoms with van der Waals surface area (Å²) in [6.07, 6.45) is 6.40. The Morgan fingerprint density at radius 1 is 1.18 bits per heavy atom. The molecule has 33 heavy (non-hydrogen) atoms. The maximum Gasteiger partial charge on any atom is 0.325 e. The van der Waals surface area contributed by atoms with Gasteiger partial charge in [0.25, 0.3) is 0 Å². The molecule has 0 saturated carbocycles. The Kier molecular flexibility index (Phi) is 5.93. The first-order valence-corrected chi connectivity index (χ1v) is 12.1. The van der Waals surface area contributed by atoms with Crippen LogP contribution in [0.15, 0.2) is 42.6 Å². The minimum Gasteiger partial charge on any atom is -0.465 e. The fourth-order valence-electron chi connectivity index (χ4n) is 4.88. The van der Waals surface area contributed by atoms with E-state index < -0.39 is 12.0 Å². The molecule has 2 aliphatic rings. The van der Waals surface area contributed by atoms with E-state index >= 15 is 0 Å². The second-order valence-corrected chi connectivity index (χ2v) is 9.43. The van der Waals surface area contributed by atoms with Gasteiger partial charge in [-0.05, 0) is 68.0 Å². The summed E-state index contributed by atoms with van der Waals surface area (Å²) in [5, 5.41) is 3.85. The molecule has 0 spiro atoms. The number of aromatic nitrogens is 1. The number of ether oxygens (including phenoxy) is 1. The normalized spacial score (nSPS) is 16.9. The predicted molar refractivity (Wildman–Crippen MR) is 124 cm³/mol. The summed E-state index contributed by atoms with van der Waals surface area (Å²) in [5.41, 5.74) is 4.07. The molecule has 2 amide bonds. The lowest BCUT2D eigenvalue weighted by atomic mass is 9.95. The third-order valence-electron chi connectivity index (χ3n) is 6.29. The molecular weight excluding hydrogens is 441 g/mol. The molecule has 0 radical (unpaired) electrons. The third-order valence-corrected chi connectivity index (χ3v) is 7.63. The Balaban J connectivity index is 1.60. The molecular formula is C25H26FN3O3S. The van der Waals surface area contributed by atoms with E-state index in [0.29, 0.717) is 12.1 Å². The van der Waals surface area contributed by atoms with Gasteiger partial charge in [0.1, 0.15) is 17.4 Å². The van der Waals surface area contributed by atoms with Crippen LogP contribution in [-0.4, -0.2) is 34.6 Å². The van der Waals surface area contributed by atoms with Crippen LogP contribution in [0.25, 0.3) is 5.00 Å². The van der Waals surface area contributed by atoms with Gasteiger partial charge >= 0.3 is 12.0 Å². The number of hydrogen-bond acceptors (Lipinski definition) is 4. The van der Waals surface area contributed by atoms with E-state index in [0.717, 1.165) is 35.5 Å². The molecule has 1 atom stereocenters. The molecule has 6 nitrogen and oxygen atoms in total. The van der Waals surface area contributed by atoms with E-state index in [-0.39, 0.29) is 25.0 Å². The van der Waals surface area contributed by atoms with Gasteiger partial charge < -0.3 is 19.5 Å². The van der Waals surface area contributed by atoms with Crippen molar-refractivity contribution in [2.24, 2.45) is 0 Å². The topological polar surface area (TPSA) is 63.6 Å². The van der Waals surface area contributed by atoms with E-state index in [1.165, 1.54) is 29.0 Å². The molecule has 1 aromatic carbocycles. The Bertz CT molecular complexity index is 1200. The van der Waals surface area contributed by atoms with Crippen molar-refractivity contribution < 1.29 is 18.7 Å². The molecule has 0 bridgehead atoms. The number of carbonyl (C=O) groups excluding carboxylic acids is 2. The lowest BCUT2D eigenvalue weighted by Crippen LogP contribution is -2.44. The van der Waals surface area contributed by atoms with E-state index in [2.05, 4.69) is 9.88 Å². The number of urea groups is 1. The largest absolute Gasteiger partial charge is 0.465 e. The second-order valence-electron chi connectivity index (χ2n) is 8.35. The molecule has 2 aromatic heterocycles.